The van der Waals surface area contributed by atoms with E-state index in [1.54, 1.807) is 26.8 Å². The van der Waals surface area contributed by atoms with Crippen LogP contribution in [-0.2, 0) is 31.1 Å². The van der Waals surface area contributed by atoms with Crippen LogP contribution in [0.4, 0.5) is 14.9 Å². The molecule has 1 unspecified atom stereocenters. The molecular formula is C30H27FN2O5. The van der Waals surface area contributed by atoms with Crippen molar-refractivity contribution >= 4 is 29.4 Å². The molecule has 1 aliphatic carbocycles. The van der Waals surface area contributed by atoms with E-state index in [1.807, 2.05) is 60.7 Å². The molecule has 2 aliphatic rings. The summed E-state index contributed by atoms with van der Waals surface area (Å²) in [5.74, 6) is -2.21. The van der Waals surface area contributed by atoms with E-state index in [1.165, 1.54) is 6.07 Å². The largest absolute Gasteiger partial charge is 0.459 e. The van der Waals surface area contributed by atoms with E-state index in [9.17, 15) is 14.4 Å². The Morgan fingerprint density at radius 3 is 2.21 bits per heavy atom. The normalized spacial score (nSPS) is 18.4. The van der Waals surface area contributed by atoms with Gasteiger partial charge in [0.25, 0.3) is 5.91 Å². The van der Waals surface area contributed by atoms with Crippen molar-refractivity contribution in [3.05, 3.63) is 101 Å². The third-order valence-electron chi connectivity index (χ3n) is 6.42. The van der Waals surface area contributed by atoms with E-state index >= 15 is 4.39 Å². The summed E-state index contributed by atoms with van der Waals surface area (Å²) in [4.78, 5) is 43.8. The van der Waals surface area contributed by atoms with E-state index in [0.29, 0.717) is 28.3 Å². The Hall–Kier alpha value is -4.33. The zero-order valence-corrected chi connectivity index (χ0v) is 21.4. The molecule has 0 saturated carbocycles. The van der Waals surface area contributed by atoms with Crippen LogP contribution in [-0.4, -0.2) is 40.7 Å². The Labute approximate surface area is 219 Å². The molecule has 1 heterocycles. The summed E-state index contributed by atoms with van der Waals surface area (Å²) in [6, 6.07) is 22.1. The maximum atomic E-state index is 15.7. The number of benzene rings is 3. The number of halogens is 1. The van der Waals surface area contributed by atoms with Crippen LogP contribution in [0.1, 0.15) is 49.4 Å². The van der Waals surface area contributed by atoms with Gasteiger partial charge in [-0.25, -0.2) is 19.1 Å². The van der Waals surface area contributed by atoms with Crippen molar-refractivity contribution in [2.45, 2.75) is 44.8 Å². The monoisotopic (exact) mass is 514 g/mol. The van der Waals surface area contributed by atoms with Crippen molar-refractivity contribution in [1.29, 1.82) is 0 Å². The highest BCUT2D eigenvalue weighted by Crippen LogP contribution is 2.47. The number of carbonyl (C=O) groups excluding carboxylic acids is 3. The van der Waals surface area contributed by atoms with Gasteiger partial charge < -0.3 is 9.47 Å². The smallest absolute Gasteiger partial charge is 0.418 e. The van der Waals surface area contributed by atoms with Crippen LogP contribution in [0.5, 0.6) is 0 Å². The lowest BCUT2D eigenvalue weighted by molar-refractivity contribution is -0.157. The van der Waals surface area contributed by atoms with Crippen molar-refractivity contribution < 1.29 is 28.2 Å². The number of hydrogen-bond acceptors (Lipinski definition) is 6. The first-order chi connectivity index (χ1) is 18.1. The SMILES string of the molecule is CC(C)(C)OC(=O)CN1C(=O)OC2(CCc3cc(N=C(c4ccccc4)c4ccccc4)cc(F)c32)C1=O. The first kappa shape index (κ1) is 25.3. The Morgan fingerprint density at radius 2 is 1.63 bits per heavy atom. The average Bonchev–Trinajstić information content (AvgIpc) is 3.35. The summed E-state index contributed by atoms with van der Waals surface area (Å²) < 4.78 is 26.4. The lowest BCUT2D eigenvalue weighted by atomic mass is 9.94. The van der Waals surface area contributed by atoms with Crippen molar-refractivity contribution in [2.24, 2.45) is 4.99 Å². The van der Waals surface area contributed by atoms with E-state index in [4.69, 9.17) is 14.5 Å². The molecule has 7 nitrogen and oxygen atoms in total. The minimum Gasteiger partial charge on any atom is -0.459 e. The molecule has 194 valence electrons. The van der Waals surface area contributed by atoms with Gasteiger partial charge in [-0.15, -0.1) is 0 Å². The molecule has 0 aromatic heterocycles. The molecule has 1 atom stereocenters. The molecule has 1 spiro atoms. The van der Waals surface area contributed by atoms with Crippen LogP contribution in [0.2, 0.25) is 0 Å². The van der Waals surface area contributed by atoms with Gasteiger partial charge in [-0.1, -0.05) is 60.7 Å². The van der Waals surface area contributed by atoms with E-state index in [2.05, 4.69) is 0 Å². The number of hydrogen-bond donors (Lipinski definition) is 0. The zero-order valence-electron chi connectivity index (χ0n) is 21.4. The Kier molecular flexibility index (Phi) is 6.34. The third kappa shape index (κ3) is 4.69. The number of aliphatic imine (C=N–C) groups is 1. The van der Waals surface area contributed by atoms with E-state index < -0.39 is 41.5 Å². The number of fused-ring (bicyclic) bond motifs is 2. The quantitative estimate of drug-likeness (QED) is 0.334. The van der Waals surface area contributed by atoms with Gasteiger partial charge in [0.05, 0.1) is 11.4 Å². The van der Waals surface area contributed by atoms with Gasteiger partial charge in [0, 0.05) is 23.1 Å². The van der Waals surface area contributed by atoms with Crippen LogP contribution in [0.25, 0.3) is 0 Å². The molecule has 1 fully saturated rings. The van der Waals surface area contributed by atoms with Crippen molar-refractivity contribution in [3.63, 3.8) is 0 Å². The highest BCUT2D eigenvalue weighted by Gasteiger charge is 2.59. The molecular weight excluding hydrogens is 487 g/mol. The predicted octanol–water partition coefficient (Wildman–Crippen LogP) is 5.46. The fraction of sp³-hybridized carbons (Fsp3) is 0.267. The summed E-state index contributed by atoms with van der Waals surface area (Å²) in [7, 11) is 0. The number of amides is 2. The molecule has 3 aromatic rings. The summed E-state index contributed by atoms with van der Waals surface area (Å²) in [5, 5.41) is 0. The standard InChI is InChI=1S/C30H27FN2O5/c1-29(2,3)37-24(34)18-33-27(35)30(38-28(33)36)15-14-21-16-22(17-23(31)25(21)30)32-26(19-10-6-4-7-11-19)20-12-8-5-9-13-20/h4-13,16-17H,14-15,18H2,1-3H3. The van der Waals surface area contributed by atoms with Gasteiger partial charge in [-0.2, -0.15) is 0 Å². The number of ether oxygens (including phenoxy) is 2. The Balaban J connectivity index is 1.50. The van der Waals surface area contributed by atoms with Crippen LogP contribution in [0, 0.1) is 5.82 Å². The van der Waals surface area contributed by atoms with Crippen LogP contribution in [0.3, 0.4) is 0 Å². The lowest BCUT2D eigenvalue weighted by Crippen LogP contribution is -2.41. The molecule has 5 rings (SSSR count). The minimum absolute atomic E-state index is 0.0162. The first-order valence-corrected chi connectivity index (χ1v) is 12.4. The van der Waals surface area contributed by atoms with Gasteiger partial charge in [0.2, 0.25) is 5.60 Å². The number of imide groups is 1. The molecule has 2 amide bonds. The van der Waals surface area contributed by atoms with Gasteiger partial charge in [0.1, 0.15) is 18.0 Å². The molecule has 0 N–H and O–H groups in total. The number of carbonyl (C=O) groups is 3. The van der Waals surface area contributed by atoms with Crippen LogP contribution in [0.15, 0.2) is 77.8 Å². The van der Waals surface area contributed by atoms with Crippen molar-refractivity contribution in [1.82, 2.24) is 4.90 Å². The Morgan fingerprint density at radius 1 is 1.03 bits per heavy atom. The van der Waals surface area contributed by atoms with Gasteiger partial charge in [-0.05, 0) is 44.9 Å². The van der Waals surface area contributed by atoms with Gasteiger partial charge in [0.15, 0.2) is 0 Å². The van der Waals surface area contributed by atoms with Gasteiger partial charge >= 0.3 is 12.1 Å². The number of aryl methyl sites for hydroxylation is 1. The van der Waals surface area contributed by atoms with Crippen molar-refractivity contribution in [3.8, 4) is 0 Å². The van der Waals surface area contributed by atoms with Crippen LogP contribution >= 0.6 is 0 Å². The maximum Gasteiger partial charge on any atom is 0.418 e. The number of rotatable bonds is 5. The third-order valence-corrected chi connectivity index (χ3v) is 6.42. The highest BCUT2D eigenvalue weighted by molar-refractivity contribution is 6.14. The summed E-state index contributed by atoms with van der Waals surface area (Å²) in [6.45, 7) is 4.44. The van der Waals surface area contributed by atoms with E-state index in [0.717, 1.165) is 11.1 Å². The maximum absolute atomic E-state index is 15.7. The number of esters is 1. The number of nitrogens with zero attached hydrogens (tertiary/aromatic N) is 2. The summed E-state index contributed by atoms with van der Waals surface area (Å²) in [6.07, 6.45) is -0.613. The van der Waals surface area contributed by atoms with Crippen molar-refractivity contribution in [2.75, 3.05) is 6.54 Å². The van der Waals surface area contributed by atoms with E-state index in [-0.39, 0.29) is 12.0 Å². The highest BCUT2D eigenvalue weighted by atomic mass is 19.1. The summed E-state index contributed by atoms with van der Waals surface area (Å²) >= 11 is 0. The zero-order chi connectivity index (χ0) is 27.1. The topological polar surface area (TPSA) is 85.3 Å². The summed E-state index contributed by atoms with van der Waals surface area (Å²) in [5.41, 5.74) is 0.744. The van der Waals surface area contributed by atoms with Gasteiger partial charge in [-0.3, -0.25) is 9.59 Å². The molecule has 38 heavy (non-hydrogen) atoms. The fourth-order valence-electron chi connectivity index (χ4n) is 4.92. The Bertz CT molecular complexity index is 1410. The predicted molar refractivity (Wildman–Crippen MR) is 139 cm³/mol. The molecule has 3 aromatic carbocycles. The molecule has 1 saturated heterocycles. The molecule has 0 radical (unpaired) electrons. The lowest BCUT2D eigenvalue weighted by Gasteiger charge is -2.22. The first-order valence-electron chi connectivity index (χ1n) is 12.4. The second-order valence-corrected chi connectivity index (χ2v) is 10.3. The van der Waals surface area contributed by atoms with Crippen LogP contribution < -0.4 is 0 Å². The fourth-order valence-corrected chi connectivity index (χ4v) is 4.92. The minimum atomic E-state index is -1.80. The second-order valence-electron chi connectivity index (χ2n) is 10.3. The molecule has 1 aliphatic heterocycles. The molecule has 0 bridgehead atoms. The molecule has 8 heteroatoms. The second kappa shape index (κ2) is 9.52. The average molecular weight is 515 g/mol.